The Morgan fingerprint density at radius 2 is 1.78 bits per heavy atom. The molecule has 0 bridgehead atoms. The third-order valence-electron chi connectivity index (χ3n) is 7.14. The van der Waals surface area contributed by atoms with E-state index < -0.39 is 0 Å². The summed E-state index contributed by atoms with van der Waals surface area (Å²) in [6, 6.07) is 16.2. The number of hydrogen-bond acceptors (Lipinski definition) is 6. The lowest BCUT2D eigenvalue weighted by atomic mass is 10.1. The number of carbonyl (C=O) groups excluding carboxylic acids is 1. The van der Waals surface area contributed by atoms with Gasteiger partial charge in [0.05, 0.1) is 18.1 Å². The Bertz CT molecular complexity index is 1230. The van der Waals surface area contributed by atoms with Crippen LogP contribution < -0.4 is 19.1 Å². The van der Waals surface area contributed by atoms with Gasteiger partial charge in [-0.05, 0) is 98.8 Å². The van der Waals surface area contributed by atoms with Crippen LogP contribution in [0.25, 0.3) is 10.4 Å². The predicted molar refractivity (Wildman–Crippen MR) is 143 cm³/mol. The van der Waals surface area contributed by atoms with Crippen LogP contribution in [-0.2, 0) is 6.42 Å². The van der Waals surface area contributed by atoms with Gasteiger partial charge in [0.1, 0.15) is 12.4 Å². The summed E-state index contributed by atoms with van der Waals surface area (Å²) in [6.07, 6.45) is 6.07. The minimum absolute atomic E-state index is 0.0472. The molecule has 2 fully saturated rings. The number of nitrogens with zero attached hydrogens (tertiary/aromatic N) is 2. The van der Waals surface area contributed by atoms with Gasteiger partial charge in [0, 0.05) is 29.7 Å². The maximum absolute atomic E-state index is 13.5. The molecule has 0 N–H and O–H groups in total. The minimum Gasteiger partial charge on any atom is -0.493 e. The molecule has 1 saturated carbocycles. The molecule has 3 heterocycles. The second-order valence-corrected chi connectivity index (χ2v) is 10.8. The molecule has 6 rings (SSSR count). The van der Waals surface area contributed by atoms with Crippen molar-refractivity contribution in [1.82, 2.24) is 4.90 Å². The van der Waals surface area contributed by atoms with Crippen molar-refractivity contribution < 1.29 is 19.0 Å². The molecule has 0 unspecified atom stereocenters. The third-order valence-corrected chi connectivity index (χ3v) is 8.36. The molecule has 7 heteroatoms. The van der Waals surface area contributed by atoms with Crippen molar-refractivity contribution >= 4 is 22.9 Å². The Morgan fingerprint density at radius 1 is 0.972 bits per heavy atom. The van der Waals surface area contributed by atoms with Gasteiger partial charge in [-0.3, -0.25) is 9.69 Å². The lowest BCUT2D eigenvalue weighted by Crippen LogP contribution is -2.36. The Hall–Kier alpha value is -3.03. The van der Waals surface area contributed by atoms with Crippen molar-refractivity contribution in [2.75, 3.05) is 44.8 Å². The molecule has 188 valence electrons. The van der Waals surface area contributed by atoms with Gasteiger partial charge in [-0.2, -0.15) is 0 Å². The molecular formula is C29H32N2O4S. The molecule has 6 nitrogen and oxygen atoms in total. The maximum atomic E-state index is 13.5. The van der Waals surface area contributed by atoms with Gasteiger partial charge in [0.2, 0.25) is 0 Å². The van der Waals surface area contributed by atoms with Gasteiger partial charge in [-0.15, -0.1) is 11.3 Å². The number of fused-ring (bicyclic) bond motifs is 1. The first-order chi connectivity index (χ1) is 17.7. The number of anilines is 1. The highest BCUT2D eigenvalue weighted by atomic mass is 32.1. The molecule has 1 aromatic heterocycles. The number of ether oxygens (including phenoxy) is 3. The fraction of sp³-hybridized carbons (Fsp3) is 0.414. The zero-order valence-electron chi connectivity index (χ0n) is 20.7. The second-order valence-electron chi connectivity index (χ2n) is 9.75. The predicted octanol–water partition coefficient (Wildman–Crippen LogP) is 5.64. The summed E-state index contributed by atoms with van der Waals surface area (Å²) in [6.45, 7) is 4.52. The zero-order chi connectivity index (χ0) is 24.5. The van der Waals surface area contributed by atoms with Crippen molar-refractivity contribution in [2.45, 2.75) is 38.2 Å². The topological polar surface area (TPSA) is 51.2 Å². The van der Waals surface area contributed by atoms with Crippen molar-refractivity contribution in [2.24, 2.45) is 0 Å². The first-order valence-electron chi connectivity index (χ1n) is 12.9. The highest BCUT2D eigenvalue weighted by Crippen LogP contribution is 2.39. The lowest BCUT2D eigenvalue weighted by Gasteiger charge is -2.27. The van der Waals surface area contributed by atoms with E-state index >= 15 is 0 Å². The average molecular weight is 505 g/mol. The highest BCUT2D eigenvalue weighted by molar-refractivity contribution is 7.17. The van der Waals surface area contributed by atoms with Gasteiger partial charge in [0.15, 0.2) is 11.5 Å². The van der Waals surface area contributed by atoms with E-state index in [2.05, 4.69) is 23.1 Å². The molecule has 3 aromatic rings. The number of likely N-dealkylation sites (tertiary alicyclic amines) is 1. The van der Waals surface area contributed by atoms with Crippen LogP contribution in [0.15, 0.2) is 48.5 Å². The summed E-state index contributed by atoms with van der Waals surface area (Å²) < 4.78 is 17.5. The van der Waals surface area contributed by atoms with Crippen LogP contribution in [0.5, 0.6) is 17.2 Å². The summed E-state index contributed by atoms with van der Waals surface area (Å²) in [5.41, 5.74) is 3.09. The van der Waals surface area contributed by atoms with Crippen LogP contribution in [0.2, 0.25) is 0 Å². The summed E-state index contributed by atoms with van der Waals surface area (Å²) >= 11 is 1.57. The van der Waals surface area contributed by atoms with E-state index in [9.17, 15) is 4.79 Å². The Balaban J connectivity index is 1.15. The van der Waals surface area contributed by atoms with Crippen molar-refractivity contribution in [3.8, 4) is 27.7 Å². The normalized spacial score (nSPS) is 17.8. The van der Waals surface area contributed by atoms with Gasteiger partial charge >= 0.3 is 0 Å². The molecule has 0 spiro atoms. The van der Waals surface area contributed by atoms with E-state index in [0.717, 1.165) is 77.0 Å². The SMILES string of the molecule is COc1cc(N2CCc3cc(-c4ccc(OC5CC5)cc4)sc3C2=O)ccc1OCCN1CCCC1. The Morgan fingerprint density at radius 3 is 2.53 bits per heavy atom. The molecule has 1 aliphatic carbocycles. The average Bonchev–Trinajstić information content (AvgIpc) is 3.37. The molecule has 2 aromatic carbocycles. The van der Waals surface area contributed by atoms with E-state index in [-0.39, 0.29) is 5.91 Å². The van der Waals surface area contributed by atoms with E-state index in [1.165, 1.54) is 12.8 Å². The van der Waals surface area contributed by atoms with E-state index in [1.54, 1.807) is 18.4 Å². The molecular weight excluding hydrogens is 472 g/mol. The minimum atomic E-state index is 0.0472. The molecule has 1 saturated heterocycles. The fourth-order valence-corrected chi connectivity index (χ4v) is 6.12. The van der Waals surface area contributed by atoms with Gasteiger partial charge in [-0.25, -0.2) is 0 Å². The number of carbonyl (C=O) groups is 1. The number of thiophene rings is 1. The monoisotopic (exact) mass is 504 g/mol. The van der Waals surface area contributed by atoms with Crippen LogP contribution in [0.1, 0.15) is 40.9 Å². The smallest absolute Gasteiger partial charge is 0.268 e. The largest absolute Gasteiger partial charge is 0.493 e. The highest BCUT2D eigenvalue weighted by Gasteiger charge is 2.29. The quantitative estimate of drug-likeness (QED) is 0.377. The van der Waals surface area contributed by atoms with Crippen molar-refractivity contribution in [1.29, 1.82) is 0 Å². The molecule has 36 heavy (non-hydrogen) atoms. The van der Waals surface area contributed by atoms with Gasteiger partial charge in [0.25, 0.3) is 5.91 Å². The van der Waals surface area contributed by atoms with Crippen LogP contribution in [0.4, 0.5) is 5.69 Å². The van der Waals surface area contributed by atoms with Crippen molar-refractivity contribution in [3.05, 3.63) is 59.0 Å². The van der Waals surface area contributed by atoms with E-state index in [0.29, 0.717) is 25.0 Å². The number of rotatable bonds is 9. The summed E-state index contributed by atoms with van der Waals surface area (Å²) in [5, 5.41) is 0. The standard InChI is InChI=1S/C29H32N2O4S/c1-33-26-19-22(6-11-25(26)34-17-16-30-13-2-3-14-30)31-15-12-21-18-27(36-28(21)29(31)32)20-4-7-23(8-5-20)35-24-9-10-24/h4-8,11,18-19,24H,2-3,9-10,12-17H2,1H3. The third kappa shape index (κ3) is 4.95. The van der Waals surface area contributed by atoms with Crippen LogP contribution in [-0.4, -0.2) is 56.8 Å². The van der Waals surface area contributed by atoms with Crippen LogP contribution >= 0.6 is 11.3 Å². The van der Waals surface area contributed by atoms with Crippen LogP contribution in [0, 0.1) is 0 Å². The van der Waals surface area contributed by atoms with E-state index in [1.807, 2.05) is 35.2 Å². The first kappa shape index (κ1) is 23.4. The fourth-order valence-electron chi connectivity index (χ4n) is 4.95. The van der Waals surface area contributed by atoms with Gasteiger partial charge in [-0.1, -0.05) is 0 Å². The lowest BCUT2D eigenvalue weighted by molar-refractivity contribution is 0.0985. The molecule has 3 aliphatic rings. The summed E-state index contributed by atoms with van der Waals surface area (Å²) in [7, 11) is 1.65. The number of methoxy groups -OCH3 is 1. The van der Waals surface area contributed by atoms with Crippen LogP contribution in [0.3, 0.4) is 0 Å². The van der Waals surface area contributed by atoms with E-state index in [4.69, 9.17) is 14.2 Å². The number of benzene rings is 2. The summed E-state index contributed by atoms with van der Waals surface area (Å²) in [4.78, 5) is 19.7. The second kappa shape index (κ2) is 10.1. The zero-order valence-corrected chi connectivity index (χ0v) is 21.5. The van der Waals surface area contributed by atoms with Crippen molar-refractivity contribution in [3.63, 3.8) is 0 Å². The first-order valence-corrected chi connectivity index (χ1v) is 13.7. The Labute approximate surface area is 216 Å². The Kier molecular flexibility index (Phi) is 6.59. The maximum Gasteiger partial charge on any atom is 0.268 e. The molecule has 2 aliphatic heterocycles. The molecule has 0 atom stereocenters. The molecule has 1 amide bonds. The number of amides is 1. The molecule has 0 radical (unpaired) electrons. The summed E-state index contributed by atoms with van der Waals surface area (Å²) in [5.74, 6) is 2.35. The van der Waals surface area contributed by atoms with Gasteiger partial charge < -0.3 is 19.1 Å². The number of hydrogen-bond donors (Lipinski definition) is 0.